The highest BCUT2D eigenvalue weighted by Crippen LogP contribution is 2.30. The maximum Gasteiger partial charge on any atom is 0.224 e. The molecule has 1 aromatic rings. The van der Waals surface area contributed by atoms with Crippen LogP contribution in [0.2, 0.25) is 0 Å². The number of amides is 1. The van der Waals surface area contributed by atoms with E-state index in [1.807, 2.05) is 19.1 Å². The van der Waals surface area contributed by atoms with Crippen molar-refractivity contribution in [1.82, 2.24) is 0 Å². The highest BCUT2D eigenvalue weighted by molar-refractivity contribution is 5.91. The standard InChI is InChI=1S/C14H21NO/c1-6-13(16)15-12-8-7-10(2)9-11(12)14(3,4)5/h7-9H,6H2,1-5H3,(H,15,16). The zero-order valence-corrected chi connectivity index (χ0v) is 10.8. The van der Waals surface area contributed by atoms with Crippen LogP contribution in [0.5, 0.6) is 0 Å². The van der Waals surface area contributed by atoms with Crippen molar-refractivity contribution in [2.24, 2.45) is 0 Å². The smallest absolute Gasteiger partial charge is 0.224 e. The van der Waals surface area contributed by atoms with Gasteiger partial charge in [0.15, 0.2) is 0 Å². The van der Waals surface area contributed by atoms with Gasteiger partial charge in [0.25, 0.3) is 0 Å². The van der Waals surface area contributed by atoms with E-state index in [1.165, 1.54) is 11.1 Å². The van der Waals surface area contributed by atoms with Gasteiger partial charge in [0.2, 0.25) is 5.91 Å². The number of hydrogen-bond donors (Lipinski definition) is 1. The van der Waals surface area contributed by atoms with E-state index in [0.29, 0.717) is 6.42 Å². The van der Waals surface area contributed by atoms with Gasteiger partial charge in [-0.15, -0.1) is 0 Å². The van der Waals surface area contributed by atoms with Gasteiger partial charge in [-0.3, -0.25) is 4.79 Å². The van der Waals surface area contributed by atoms with Crippen LogP contribution in [0, 0.1) is 6.92 Å². The third-order valence-electron chi connectivity index (χ3n) is 2.58. The number of benzene rings is 1. The van der Waals surface area contributed by atoms with Crippen LogP contribution in [0.25, 0.3) is 0 Å². The molecule has 0 unspecified atom stereocenters. The molecule has 0 heterocycles. The maximum atomic E-state index is 11.4. The first-order chi connectivity index (χ1) is 7.34. The second kappa shape index (κ2) is 4.69. The molecule has 0 aliphatic carbocycles. The molecule has 0 aromatic heterocycles. The van der Waals surface area contributed by atoms with E-state index in [2.05, 4.69) is 39.1 Å². The molecule has 1 rings (SSSR count). The zero-order valence-electron chi connectivity index (χ0n) is 10.8. The molecule has 2 nitrogen and oxygen atoms in total. The number of nitrogens with one attached hydrogen (secondary N) is 1. The number of anilines is 1. The van der Waals surface area contributed by atoms with Gasteiger partial charge in [0.1, 0.15) is 0 Å². The van der Waals surface area contributed by atoms with Crippen LogP contribution in [-0.2, 0) is 10.2 Å². The topological polar surface area (TPSA) is 29.1 Å². The number of hydrogen-bond acceptors (Lipinski definition) is 1. The van der Waals surface area contributed by atoms with E-state index in [0.717, 1.165) is 5.69 Å². The van der Waals surface area contributed by atoms with Crippen molar-refractivity contribution in [3.05, 3.63) is 29.3 Å². The molecular weight excluding hydrogens is 198 g/mol. The second-order valence-corrected chi connectivity index (χ2v) is 5.20. The summed E-state index contributed by atoms with van der Waals surface area (Å²) in [6.07, 6.45) is 0.511. The Hall–Kier alpha value is -1.31. The van der Waals surface area contributed by atoms with E-state index in [-0.39, 0.29) is 11.3 Å². The van der Waals surface area contributed by atoms with Gasteiger partial charge in [-0.1, -0.05) is 45.4 Å². The van der Waals surface area contributed by atoms with Crippen molar-refractivity contribution in [2.75, 3.05) is 5.32 Å². The molecule has 0 radical (unpaired) electrons. The van der Waals surface area contributed by atoms with Crippen LogP contribution in [0.3, 0.4) is 0 Å². The van der Waals surface area contributed by atoms with Crippen LogP contribution in [-0.4, -0.2) is 5.91 Å². The monoisotopic (exact) mass is 219 g/mol. The maximum absolute atomic E-state index is 11.4. The lowest BCUT2D eigenvalue weighted by atomic mass is 9.85. The fraction of sp³-hybridized carbons (Fsp3) is 0.500. The molecule has 88 valence electrons. The Balaban J connectivity index is 3.13. The molecule has 2 heteroatoms. The number of carbonyl (C=O) groups is 1. The van der Waals surface area contributed by atoms with E-state index >= 15 is 0 Å². The van der Waals surface area contributed by atoms with Gasteiger partial charge < -0.3 is 5.32 Å². The molecule has 0 saturated heterocycles. The summed E-state index contributed by atoms with van der Waals surface area (Å²) in [4.78, 5) is 11.4. The normalized spacial score (nSPS) is 11.3. The first-order valence-electron chi connectivity index (χ1n) is 5.75. The summed E-state index contributed by atoms with van der Waals surface area (Å²) >= 11 is 0. The largest absolute Gasteiger partial charge is 0.326 e. The van der Waals surface area contributed by atoms with Crippen LogP contribution in [0.4, 0.5) is 5.69 Å². The molecular formula is C14H21NO. The average Bonchev–Trinajstić information content (AvgIpc) is 2.19. The van der Waals surface area contributed by atoms with Crippen molar-refractivity contribution in [1.29, 1.82) is 0 Å². The van der Waals surface area contributed by atoms with Crippen molar-refractivity contribution in [2.45, 2.75) is 46.5 Å². The quantitative estimate of drug-likeness (QED) is 0.808. The summed E-state index contributed by atoms with van der Waals surface area (Å²) in [7, 11) is 0. The number of rotatable bonds is 2. The summed E-state index contributed by atoms with van der Waals surface area (Å²) in [6.45, 7) is 10.4. The Morgan fingerprint density at radius 3 is 2.44 bits per heavy atom. The minimum Gasteiger partial charge on any atom is -0.326 e. The first-order valence-corrected chi connectivity index (χ1v) is 5.75. The lowest BCUT2D eigenvalue weighted by Gasteiger charge is -2.23. The van der Waals surface area contributed by atoms with Gasteiger partial charge in [-0.25, -0.2) is 0 Å². The van der Waals surface area contributed by atoms with E-state index in [9.17, 15) is 4.79 Å². The summed E-state index contributed by atoms with van der Waals surface area (Å²) in [6, 6.07) is 6.16. The van der Waals surface area contributed by atoms with Crippen LogP contribution in [0.15, 0.2) is 18.2 Å². The van der Waals surface area contributed by atoms with Gasteiger partial charge in [-0.05, 0) is 24.0 Å². The summed E-state index contributed by atoms with van der Waals surface area (Å²) < 4.78 is 0. The van der Waals surface area contributed by atoms with Crippen molar-refractivity contribution < 1.29 is 4.79 Å². The molecule has 1 amide bonds. The van der Waals surface area contributed by atoms with Crippen molar-refractivity contribution >= 4 is 11.6 Å². The minimum absolute atomic E-state index is 0.0440. The highest BCUT2D eigenvalue weighted by atomic mass is 16.1. The Bertz CT molecular complexity index is 388. The summed E-state index contributed by atoms with van der Waals surface area (Å²) in [5.41, 5.74) is 3.39. The molecule has 1 aromatic carbocycles. The predicted molar refractivity (Wildman–Crippen MR) is 68.8 cm³/mol. The Labute approximate surface area is 98.1 Å². The van der Waals surface area contributed by atoms with Gasteiger partial charge in [0.05, 0.1) is 0 Å². The molecule has 16 heavy (non-hydrogen) atoms. The molecule has 0 atom stereocenters. The number of aryl methyl sites for hydroxylation is 1. The van der Waals surface area contributed by atoms with Gasteiger partial charge >= 0.3 is 0 Å². The molecule has 0 aliphatic rings. The first kappa shape index (κ1) is 12.8. The SMILES string of the molecule is CCC(=O)Nc1ccc(C)cc1C(C)(C)C. The third-order valence-corrected chi connectivity index (χ3v) is 2.58. The van der Waals surface area contributed by atoms with Gasteiger partial charge in [0, 0.05) is 12.1 Å². The molecule has 0 saturated carbocycles. The Morgan fingerprint density at radius 2 is 1.94 bits per heavy atom. The Morgan fingerprint density at radius 1 is 1.31 bits per heavy atom. The second-order valence-electron chi connectivity index (χ2n) is 5.20. The fourth-order valence-corrected chi connectivity index (χ4v) is 1.63. The molecule has 0 fully saturated rings. The molecule has 0 bridgehead atoms. The van der Waals surface area contributed by atoms with Crippen molar-refractivity contribution in [3.8, 4) is 0 Å². The summed E-state index contributed by atoms with van der Waals surface area (Å²) in [5, 5.41) is 2.96. The predicted octanol–water partition coefficient (Wildman–Crippen LogP) is 3.64. The third kappa shape index (κ3) is 3.09. The zero-order chi connectivity index (χ0) is 12.3. The average molecular weight is 219 g/mol. The van der Waals surface area contributed by atoms with E-state index < -0.39 is 0 Å². The van der Waals surface area contributed by atoms with E-state index in [4.69, 9.17) is 0 Å². The lowest BCUT2D eigenvalue weighted by Crippen LogP contribution is -2.18. The molecule has 1 N–H and O–H groups in total. The summed E-state index contributed by atoms with van der Waals surface area (Å²) in [5.74, 6) is 0.0642. The van der Waals surface area contributed by atoms with Crippen molar-refractivity contribution in [3.63, 3.8) is 0 Å². The molecule has 0 aliphatic heterocycles. The molecule has 0 spiro atoms. The van der Waals surface area contributed by atoms with E-state index in [1.54, 1.807) is 0 Å². The van der Waals surface area contributed by atoms with Gasteiger partial charge in [-0.2, -0.15) is 0 Å². The van der Waals surface area contributed by atoms with Crippen LogP contribution < -0.4 is 5.32 Å². The minimum atomic E-state index is 0.0440. The highest BCUT2D eigenvalue weighted by Gasteiger charge is 2.18. The lowest BCUT2D eigenvalue weighted by molar-refractivity contribution is -0.115. The van der Waals surface area contributed by atoms with Crippen LogP contribution in [0.1, 0.15) is 45.2 Å². The Kier molecular flexibility index (Phi) is 3.74. The number of carbonyl (C=O) groups excluding carboxylic acids is 1. The van der Waals surface area contributed by atoms with Crippen LogP contribution >= 0.6 is 0 Å². The fourth-order valence-electron chi connectivity index (χ4n) is 1.63.